The number of hydrogen-bond acceptors (Lipinski definition) is 5. The van der Waals surface area contributed by atoms with E-state index in [9.17, 15) is 9.59 Å². The summed E-state index contributed by atoms with van der Waals surface area (Å²) in [6.45, 7) is 0. The number of halogens is 2. The van der Waals surface area contributed by atoms with Gasteiger partial charge in [-0.25, -0.2) is 9.78 Å². The smallest absolute Gasteiger partial charge is 0.324 e. The van der Waals surface area contributed by atoms with E-state index in [0.29, 0.717) is 28.9 Å². The van der Waals surface area contributed by atoms with Crippen LogP contribution in [0.3, 0.4) is 0 Å². The van der Waals surface area contributed by atoms with Crippen molar-refractivity contribution in [2.75, 3.05) is 10.6 Å². The van der Waals surface area contributed by atoms with Crippen molar-refractivity contribution in [1.82, 2.24) is 9.97 Å². The summed E-state index contributed by atoms with van der Waals surface area (Å²) in [7, 11) is 0. The highest BCUT2D eigenvalue weighted by Crippen LogP contribution is 2.31. The Morgan fingerprint density at radius 1 is 1.09 bits per heavy atom. The highest BCUT2D eigenvalue weighted by atomic mass is 127. The van der Waals surface area contributed by atoms with Crippen LogP contribution in [0.15, 0.2) is 54.9 Å². The molecule has 0 fully saturated rings. The largest absolute Gasteiger partial charge is 0.394 e. The van der Waals surface area contributed by atoms with Gasteiger partial charge in [-0.15, -0.1) is 0 Å². The Kier molecular flexibility index (Phi) is 7.21. The number of carbonyl (C=O) groups excluding carboxylic acids is 2. The van der Waals surface area contributed by atoms with E-state index in [1.165, 1.54) is 17.3 Å². The number of amides is 2. The summed E-state index contributed by atoms with van der Waals surface area (Å²) in [5.41, 5.74) is 4.81. The van der Waals surface area contributed by atoms with Crippen molar-refractivity contribution >= 4 is 58.1 Å². The number of benzene rings is 2. The van der Waals surface area contributed by atoms with Crippen molar-refractivity contribution in [2.45, 2.75) is 25.7 Å². The molecule has 0 radical (unpaired) electrons. The molecule has 1 heterocycles. The van der Waals surface area contributed by atoms with Gasteiger partial charge in [-0.1, -0.05) is 29.8 Å². The molecule has 4 rings (SSSR count). The van der Waals surface area contributed by atoms with Gasteiger partial charge >= 0.3 is 12.0 Å². The molecule has 0 bridgehead atoms. The predicted octanol–water partition coefficient (Wildman–Crippen LogP) is 5.83. The van der Waals surface area contributed by atoms with Crippen LogP contribution in [-0.4, -0.2) is 22.0 Å². The average Bonchev–Trinajstić information content (AvgIpc) is 2.79. The Hall–Kier alpha value is -2.72. The molecule has 164 valence electrons. The van der Waals surface area contributed by atoms with Gasteiger partial charge in [0.15, 0.2) is 28.8 Å². The van der Waals surface area contributed by atoms with Crippen LogP contribution in [0.25, 0.3) is 11.3 Å². The number of nitrogens with one attached hydrogen (secondary N) is 2. The lowest BCUT2D eigenvalue weighted by atomic mass is 9.81. The first-order valence-corrected chi connectivity index (χ1v) is 11.4. The third-order valence-corrected chi connectivity index (χ3v) is 6.08. The average molecular weight is 563 g/mol. The molecule has 0 saturated heterocycles. The molecule has 3 aromatic rings. The van der Waals surface area contributed by atoms with Crippen LogP contribution in [0.5, 0.6) is 0 Å². The molecule has 7 nitrogen and oxygen atoms in total. The topological polar surface area (TPSA) is 93.2 Å². The van der Waals surface area contributed by atoms with E-state index in [-0.39, 0.29) is 5.97 Å². The normalized spacial score (nSPS) is 14.9. The van der Waals surface area contributed by atoms with E-state index < -0.39 is 6.03 Å². The SMILES string of the molecule is O=C(Nc1cccc(Cl)c1)Nc1cnc(-c2ccc3c(c2)CCC(CC(=O)OI)C3)cn1. The molecule has 1 aromatic heterocycles. The fourth-order valence-electron chi connectivity index (χ4n) is 3.82. The Morgan fingerprint density at radius 2 is 1.97 bits per heavy atom. The maximum absolute atomic E-state index is 12.2. The third kappa shape index (κ3) is 5.74. The lowest BCUT2D eigenvalue weighted by molar-refractivity contribution is -0.132. The molecule has 0 aliphatic heterocycles. The standard InChI is InChI=1S/C23H20ClIN4O3/c24-18-2-1-3-19(11-18)28-23(31)29-21-13-26-20(12-27-21)17-7-6-15-8-14(9-22(30)32-25)4-5-16(15)10-17/h1-3,6-7,10-14H,4-5,8-9H2,(H2,27,28,29,31). The fraction of sp³-hybridized carbons (Fsp3) is 0.217. The summed E-state index contributed by atoms with van der Waals surface area (Å²) >= 11 is 7.57. The maximum atomic E-state index is 12.2. The van der Waals surface area contributed by atoms with Crippen LogP contribution < -0.4 is 10.6 Å². The van der Waals surface area contributed by atoms with Gasteiger partial charge in [-0.3, -0.25) is 15.1 Å². The second-order valence-electron chi connectivity index (χ2n) is 7.62. The quantitative estimate of drug-likeness (QED) is 0.382. The zero-order chi connectivity index (χ0) is 22.5. The van der Waals surface area contributed by atoms with Crippen molar-refractivity contribution < 1.29 is 12.7 Å². The van der Waals surface area contributed by atoms with Gasteiger partial charge in [0.25, 0.3) is 0 Å². The molecule has 2 aromatic carbocycles. The molecule has 2 amide bonds. The molecule has 2 N–H and O–H groups in total. The first-order valence-electron chi connectivity index (χ1n) is 10.1. The van der Waals surface area contributed by atoms with Crippen LogP contribution >= 0.6 is 34.6 Å². The number of rotatable bonds is 5. The van der Waals surface area contributed by atoms with E-state index in [0.717, 1.165) is 30.5 Å². The van der Waals surface area contributed by atoms with Crippen LogP contribution in [0.1, 0.15) is 24.0 Å². The Labute approximate surface area is 204 Å². The third-order valence-electron chi connectivity index (χ3n) is 5.35. The number of hydrogen-bond donors (Lipinski definition) is 2. The van der Waals surface area contributed by atoms with E-state index in [1.807, 2.05) is 6.07 Å². The van der Waals surface area contributed by atoms with Crippen LogP contribution in [0.4, 0.5) is 16.3 Å². The number of carbonyl (C=O) groups is 2. The van der Waals surface area contributed by atoms with Crippen LogP contribution in [0.2, 0.25) is 5.02 Å². The Bertz CT molecular complexity index is 1140. The number of urea groups is 1. The van der Waals surface area contributed by atoms with Crippen LogP contribution in [0, 0.1) is 5.92 Å². The van der Waals surface area contributed by atoms with Crippen molar-refractivity contribution in [1.29, 1.82) is 0 Å². The Balaban J connectivity index is 1.39. The first-order chi connectivity index (χ1) is 15.5. The van der Waals surface area contributed by atoms with Crippen molar-refractivity contribution in [2.24, 2.45) is 5.92 Å². The second kappa shape index (κ2) is 10.3. The van der Waals surface area contributed by atoms with Gasteiger partial charge in [0.05, 0.1) is 18.1 Å². The fourth-order valence-corrected chi connectivity index (χ4v) is 4.19. The molecule has 1 atom stereocenters. The van der Waals surface area contributed by atoms with Gasteiger partial charge < -0.3 is 8.38 Å². The minimum Gasteiger partial charge on any atom is -0.394 e. The van der Waals surface area contributed by atoms with Crippen molar-refractivity contribution in [3.8, 4) is 11.3 Å². The van der Waals surface area contributed by atoms with Crippen molar-refractivity contribution in [3.63, 3.8) is 0 Å². The molecular formula is C23H20ClIN4O3. The summed E-state index contributed by atoms with van der Waals surface area (Å²) in [4.78, 5) is 32.5. The minimum absolute atomic E-state index is 0.166. The van der Waals surface area contributed by atoms with E-state index in [2.05, 4.69) is 32.7 Å². The van der Waals surface area contributed by atoms with E-state index in [4.69, 9.17) is 14.7 Å². The summed E-state index contributed by atoms with van der Waals surface area (Å²) < 4.78 is 4.77. The molecule has 9 heteroatoms. The molecule has 1 unspecified atom stereocenters. The highest BCUT2D eigenvalue weighted by Gasteiger charge is 2.22. The van der Waals surface area contributed by atoms with Gasteiger partial charge in [-0.2, -0.15) is 0 Å². The highest BCUT2D eigenvalue weighted by molar-refractivity contribution is 14.1. The van der Waals surface area contributed by atoms with E-state index >= 15 is 0 Å². The second-order valence-corrected chi connectivity index (χ2v) is 8.50. The molecule has 1 aliphatic carbocycles. The number of anilines is 2. The zero-order valence-electron chi connectivity index (χ0n) is 17.0. The van der Waals surface area contributed by atoms with E-state index in [1.54, 1.807) is 53.5 Å². The summed E-state index contributed by atoms with van der Waals surface area (Å²) in [5, 5.41) is 5.90. The van der Waals surface area contributed by atoms with Crippen molar-refractivity contribution in [3.05, 3.63) is 71.0 Å². The van der Waals surface area contributed by atoms with Gasteiger partial charge in [0.1, 0.15) is 0 Å². The maximum Gasteiger partial charge on any atom is 0.324 e. The number of nitrogens with zero attached hydrogens (tertiary/aromatic N) is 2. The zero-order valence-corrected chi connectivity index (χ0v) is 19.9. The summed E-state index contributed by atoms with van der Waals surface area (Å²) in [6.07, 6.45) is 6.36. The summed E-state index contributed by atoms with van der Waals surface area (Å²) in [6, 6.07) is 12.7. The van der Waals surface area contributed by atoms with Gasteiger partial charge in [0.2, 0.25) is 0 Å². The molecular weight excluding hydrogens is 543 g/mol. The monoisotopic (exact) mass is 562 g/mol. The number of aryl methyl sites for hydroxylation is 1. The minimum atomic E-state index is -0.427. The number of aromatic nitrogens is 2. The number of fused-ring (bicyclic) bond motifs is 1. The van der Waals surface area contributed by atoms with Gasteiger partial charge in [-0.05, 0) is 60.6 Å². The molecule has 32 heavy (non-hydrogen) atoms. The van der Waals surface area contributed by atoms with Crippen LogP contribution in [-0.2, 0) is 20.7 Å². The molecule has 0 spiro atoms. The predicted molar refractivity (Wildman–Crippen MR) is 132 cm³/mol. The molecule has 0 saturated carbocycles. The molecule has 1 aliphatic rings. The summed E-state index contributed by atoms with van der Waals surface area (Å²) in [5.74, 6) is 0.496. The first kappa shape index (κ1) is 22.5. The lowest BCUT2D eigenvalue weighted by Gasteiger charge is -2.24. The van der Waals surface area contributed by atoms with Gasteiger partial charge in [0, 0.05) is 22.7 Å². The Morgan fingerprint density at radius 3 is 2.72 bits per heavy atom. The lowest BCUT2D eigenvalue weighted by Crippen LogP contribution is -2.20.